The number of carboxylic acids is 1. The molecule has 0 bridgehead atoms. The minimum atomic E-state index is -1.17. The van der Waals surface area contributed by atoms with Gasteiger partial charge in [-0.3, -0.25) is 14.4 Å². The summed E-state index contributed by atoms with van der Waals surface area (Å²) in [6.45, 7) is 6.54. The monoisotopic (exact) mass is 410 g/mol. The Morgan fingerprint density at radius 2 is 1.66 bits per heavy atom. The van der Waals surface area contributed by atoms with E-state index < -0.39 is 41.8 Å². The number of carbonyl (C=O) groups is 4. The summed E-state index contributed by atoms with van der Waals surface area (Å²) in [4.78, 5) is 55.3. The second-order valence-corrected chi connectivity index (χ2v) is 7.40. The number of aliphatic carboxylic acids is 1. The number of aromatic nitrogens is 2. The van der Waals surface area contributed by atoms with Crippen molar-refractivity contribution in [3.05, 3.63) is 18.2 Å². The summed E-state index contributed by atoms with van der Waals surface area (Å²) in [6, 6.07) is -3.08. The number of H-pyrrole nitrogens is 1. The van der Waals surface area contributed by atoms with E-state index in [1.165, 1.54) is 12.5 Å². The van der Waals surface area contributed by atoms with Gasteiger partial charge in [-0.25, -0.2) is 9.78 Å². The first-order chi connectivity index (χ1) is 13.6. The van der Waals surface area contributed by atoms with Crippen LogP contribution < -0.4 is 21.7 Å². The Bertz CT molecular complexity index is 704. The van der Waals surface area contributed by atoms with E-state index >= 15 is 0 Å². The fourth-order valence-corrected chi connectivity index (χ4v) is 2.62. The van der Waals surface area contributed by atoms with Crippen molar-refractivity contribution >= 4 is 23.7 Å². The number of imidazole rings is 1. The first kappa shape index (κ1) is 24.1. The number of nitrogens with zero attached hydrogens (tertiary/aromatic N) is 1. The largest absolute Gasteiger partial charge is 0.480 e. The van der Waals surface area contributed by atoms with Crippen LogP contribution in [-0.4, -0.2) is 63.4 Å². The molecule has 0 fully saturated rings. The van der Waals surface area contributed by atoms with Crippen LogP contribution in [0.2, 0.25) is 0 Å². The molecule has 7 N–H and O–H groups in total. The van der Waals surface area contributed by atoms with Crippen LogP contribution >= 0.6 is 0 Å². The van der Waals surface area contributed by atoms with Crippen molar-refractivity contribution < 1.29 is 24.3 Å². The Morgan fingerprint density at radius 3 is 2.10 bits per heavy atom. The molecule has 0 saturated carbocycles. The molecule has 3 unspecified atom stereocenters. The van der Waals surface area contributed by atoms with Crippen molar-refractivity contribution in [2.24, 2.45) is 17.6 Å². The van der Waals surface area contributed by atoms with Gasteiger partial charge in [0.15, 0.2) is 0 Å². The number of rotatable bonds is 11. The summed E-state index contributed by atoms with van der Waals surface area (Å²) in [5.41, 5.74) is 5.88. The highest BCUT2D eigenvalue weighted by atomic mass is 16.4. The Balaban J connectivity index is 3.01. The molecule has 1 aromatic rings. The number of aromatic amines is 1. The zero-order chi connectivity index (χ0) is 22.1. The quantitative estimate of drug-likeness (QED) is 0.264. The zero-order valence-corrected chi connectivity index (χ0v) is 17.1. The van der Waals surface area contributed by atoms with Crippen molar-refractivity contribution in [2.45, 2.75) is 52.2 Å². The minimum absolute atomic E-state index is 0.0671. The fraction of sp³-hybridized carbons (Fsp3) is 0.611. The molecule has 3 atom stereocenters. The van der Waals surface area contributed by atoms with Crippen LogP contribution in [0.15, 0.2) is 12.5 Å². The fourth-order valence-electron chi connectivity index (χ4n) is 2.62. The maximum Gasteiger partial charge on any atom is 0.326 e. The van der Waals surface area contributed by atoms with Crippen LogP contribution in [0.1, 0.15) is 33.4 Å². The van der Waals surface area contributed by atoms with Gasteiger partial charge in [-0.2, -0.15) is 0 Å². The molecule has 0 aliphatic rings. The van der Waals surface area contributed by atoms with Gasteiger partial charge in [0.1, 0.15) is 18.1 Å². The maximum absolute atomic E-state index is 12.8. The second-order valence-electron chi connectivity index (χ2n) is 7.40. The first-order valence-electron chi connectivity index (χ1n) is 9.37. The standard InChI is InChI=1S/C18H30N6O5/c1-9(2)14(23-13(25)6-19)17(27)22-12(5-11-7-20-8-21-11)16(26)24-15(10(3)4)18(28)29/h7-10,12,14-15H,5-6,19H2,1-4H3,(H,20,21)(H,22,27)(H,23,25)(H,24,26)(H,28,29). The molecule has 0 radical (unpaired) electrons. The summed E-state index contributed by atoms with van der Waals surface area (Å²) in [5, 5.41) is 16.9. The van der Waals surface area contributed by atoms with Crippen LogP contribution in [0.3, 0.4) is 0 Å². The number of amides is 3. The number of nitrogens with one attached hydrogen (secondary N) is 4. The van der Waals surface area contributed by atoms with Gasteiger partial charge < -0.3 is 31.8 Å². The van der Waals surface area contributed by atoms with Crippen molar-refractivity contribution in [3.63, 3.8) is 0 Å². The lowest BCUT2D eigenvalue weighted by Gasteiger charge is -2.26. The molecule has 29 heavy (non-hydrogen) atoms. The highest BCUT2D eigenvalue weighted by molar-refractivity contribution is 5.93. The molecular formula is C18H30N6O5. The molecule has 1 heterocycles. The molecule has 0 saturated heterocycles. The van der Waals surface area contributed by atoms with Gasteiger partial charge in [0.05, 0.1) is 12.9 Å². The number of nitrogens with two attached hydrogens (primary N) is 1. The molecule has 11 nitrogen and oxygen atoms in total. The van der Waals surface area contributed by atoms with Gasteiger partial charge >= 0.3 is 5.97 Å². The third-order valence-corrected chi connectivity index (χ3v) is 4.29. The molecule has 3 amide bonds. The lowest BCUT2D eigenvalue weighted by Crippen LogP contribution is -2.58. The molecule has 0 aliphatic heterocycles. The maximum atomic E-state index is 12.8. The van der Waals surface area contributed by atoms with Crippen molar-refractivity contribution in [1.29, 1.82) is 0 Å². The highest BCUT2D eigenvalue weighted by Crippen LogP contribution is 2.07. The number of carboxylic acid groups (broad SMARTS) is 1. The van der Waals surface area contributed by atoms with Gasteiger partial charge in [0.25, 0.3) is 0 Å². The molecule has 0 aliphatic carbocycles. The minimum Gasteiger partial charge on any atom is -0.480 e. The predicted molar refractivity (Wildman–Crippen MR) is 104 cm³/mol. The molecule has 0 spiro atoms. The van der Waals surface area contributed by atoms with Gasteiger partial charge in [-0.15, -0.1) is 0 Å². The van der Waals surface area contributed by atoms with Crippen LogP contribution in [0, 0.1) is 11.8 Å². The number of carbonyl (C=O) groups excluding carboxylic acids is 3. The van der Waals surface area contributed by atoms with Gasteiger partial charge in [-0.1, -0.05) is 27.7 Å². The molecule has 11 heteroatoms. The molecular weight excluding hydrogens is 380 g/mol. The Kier molecular flexibility index (Phi) is 9.26. The number of hydrogen-bond acceptors (Lipinski definition) is 6. The van der Waals surface area contributed by atoms with E-state index in [4.69, 9.17) is 5.73 Å². The van der Waals surface area contributed by atoms with E-state index in [2.05, 4.69) is 25.9 Å². The molecule has 1 rings (SSSR count). The van der Waals surface area contributed by atoms with Crippen molar-refractivity contribution in [2.75, 3.05) is 6.54 Å². The van der Waals surface area contributed by atoms with E-state index in [1.807, 2.05) is 0 Å². The van der Waals surface area contributed by atoms with Crippen molar-refractivity contribution in [1.82, 2.24) is 25.9 Å². The van der Waals surface area contributed by atoms with E-state index in [1.54, 1.807) is 27.7 Å². The SMILES string of the molecule is CC(C)C(NC(=O)C(Cc1cnc[nH]1)NC(=O)C(NC(=O)CN)C(C)C)C(=O)O. The smallest absolute Gasteiger partial charge is 0.326 e. The predicted octanol–water partition coefficient (Wildman–Crippen LogP) is -1.24. The third kappa shape index (κ3) is 7.53. The molecule has 162 valence electrons. The third-order valence-electron chi connectivity index (χ3n) is 4.29. The van der Waals surface area contributed by atoms with E-state index in [0.29, 0.717) is 5.69 Å². The average Bonchev–Trinajstić information content (AvgIpc) is 3.15. The molecule has 1 aromatic heterocycles. The Labute approximate surface area is 169 Å². The van der Waals surface area contributed by atoms with E-state index in [-0.39, 0.29) is 24.8 Å². The van der Waals surface area contributed by atoms with E-state index in [9.17, 15) is 24.3 Å². The zero-order valence-electron chi connectivity index (χ0n) is 17.1. The Hall–Kier alpha value is -2.95. The summed E-state index contributed by atoms with van der Waals surface area (Å²) in [6.07, 6.45) is 3.00. The normalized spacial score (nSPS) is 14.2. The van der Waals surface area contributed by atoms with Crippen molar-refractivity contribution in [3.8, 4) is 0 Å². The van der Waals surface area contributed by atoms with Crippen LogP contribution in [-0.2, 0) is 25.6 Å². The summed E-state index contributed by atoms with van der Waals surface area (Å²) >= 11 is 0. The number of hydrogen-bond donors (Lipinski definition) is 6. The lowest BCUT2D eigenvalue weighted by atomic mass is 10.0. The van der Waals surface area contributed by atoms with Gasteiger partial charge in [0, 0.05) is 18.3 Å². The second kappa shape index (κ2) is 11.1. The summed E-state index contributed by atoms with van der Waals surface area (Å²) in [5.74, 6) is -3.51. The van der Waals surface area contributed by atoms with Crippen LogP contribution in [0.4, 0.5) is 0 Å². The van der Waals surface area contributed by atoms with Crippen LogP contribution in [0.25, 0.3) is 0 Å². The van der Waals surface area contributed by atoms with Gasteiger partial charge in [0.2, 0.25) is 17.7 Å². The first-order valence-corrected chi connectivity index (χ1v) is 9.37. The highest BCUT2D eigenvalue weighted by Gasteiger charge is 2.31. The lowest BCUT2D eigenvalue weighted by molar-refractivity contribution is -0.143. The Morgan fingerprint density at radius 1 is 1.03 bits per heavy atom. The summed E-state index contributed by atoms with van der Waals surface area (Å²) < 4.78 is 0. The van der Waals surface area contributed by atoms with Gasteiger partial charge in [-0.05, 0) is 11.8 Å². The topological polar surface area (TPSA) is 179 Å². The van der Waals surface area contributed by atoms with E-state index in [0.717, 1.165) is 0 Å². The molecule has 0 aromatic carbocycles. The summed E-state index contributed by atoms with van der Waals surface area (Å²) in [7, 11) is 0. The average molecular weight is 410 g/mol. The van der Waals surface area contributed by atoms with Crippen LogP contribution in [0.5, 0.6) is 0 Å².